The van der Waals surface area contributed by atoms with E-state index >= 15 is 0 Å². The van der Waals surface area contributed by atoms with E-state index in [1.807, 2.05) is 20.8 Å². The Bertz CT molecular complexity index is 1170. The Hall–Kier alpha value is -3.21. The summed E-state index contributed by atoms with van der Waals surface area (Å²) in [4.78, 5) is 61.9. The predicted octanol–water partition coefficient (Wildman–Crippen LogP) is 2.96. The average molecular weight is 579 g/mol. The van der Waals surface area contributed by atoms with E-state index in [0.717, 1.165) is 5.57 Å². The van der Waals surface area contributed by atoms with Crippen molar-refractivity contribution in [2.45, 2.75) is 112 Å². The number of ether oxygens (including phenoxy) is 5. The molecule has 0 aromatic carbocycles. The minimum absolute atomic E-state index is 0.0406. The van der Waals surface area contributed by atoms with E-state index in [-0.39, 0.29) is 12.8 Å². The highest BCUT2D eigenvalue weighted by atomic mass is 16.6. The van der Waals surface area contributed by atoms with Gasteiger partial charge in [0.2, 0.25) is 0 Å². The molecule has 11 nitrogen and oxygen atoms in total. The van der Waals surface area contributed by atoms with E-state index in [0.29, 0.717) is 11.1 Å². The lowest BCUT2D eigenvalue weighted by Gasteiger charge is -2.61. The van der Waals surface area contributed by atoms with Crippen molar-refractivity contribution >= 4 is 29.8 Å². The van der Waals surface area contributed by atoms with E-state index in [2.05, 4.69) is 6.58 Å². The highest BCUT2D eigenvalue weighted by Gasteiger charge is 2.67. The summed E-state index contributed by atoms with van der Waals surface area (Å²) in [6.45, 7) is 17.6. The molecule has 2 bridgehead atoms. The minimum Gasteiger partial charge on any atom is -0.462 e. The molecule has 0 amide bonds. The lowest BCUT2D eigenvalue weighted by molar-refractivity contribution is -0.228. The Morgan fingerprint density at radius 3 is 1.80 bits per heavy atom. The second-order valence-electron chi connectivity index (χ2n) is 12.2. The van der Waals surface area contributed by atoms with E-state index in [1.165, 1.54) is 34.6 Å². The molecule has 3 rings (SSSR count). The zero-order chi connectivity index (χ0) is 31.2. The van der Waals surface area contributed by atoms with Gasteiger partial charge in [-0.3, -0.25) is 24.0 Å². The van der Waals surface area contributed by atoms with Crippen LogP contribution in [0, 0.1) is 22.7 Å². The number of carbonyl (C=O) groups excluding carboxylic acids is 5. The second-order valence-corrected chi connectivity index (χ2v) is 12.2. The number of aliphatic hydroxyl groups is 1. The van der Waals surface area contributed by atoms with Gasteiger partial charge in [-0.25, -0.2) is 0 Å². The lowest BCUT2D eigenvalue weighted by atomic mass is 9.48. The van der Waals surface area contributed by atoms with E-state index in [4.69, 9.17) is 23.7 Å². The third kappa shape index (κ3) is 5.91. The minimum atomic E-state index is -1.48. The maximum absolute atomic E-state index is 12.7. The van der Waals surface area contributed by atoms with Gasteiger partial charge < -0.3 is 28.8 Å². The van der Waals surface area contributed by atoms with E-state index < -0.39 is 89.1 Å². The van der Waals surface area contributed by atoms with Crippen LogP contribution in [0.15, 0.2) is 23.3 Å². The summed E-state index contributed by atoms with van der Waals surface area (Å²) in [5.74, 6) is -4.80. The number of esters is 5. The molecular weight excluding hydrogens is 536 g/mol. The SMILES string of the molecule is C=C1[C@@H](OC(C)=O)C[C@H](OC(C)=O)[C@@]2(C)[C@@H](O)[C@H](OC(C)=O)C3=C(C)C[C@H](OC(C)=O)[C@@H]([C@@H](OC(C)=O)[C@H]12)C3(C)C. The number of rotatable bonds is 5. The summed E-state index contributed by atoms with van der Waals surface area (Å²) >= 11 is 0. The maximum atomic E-state index is 12.7. The van der Waals surface area contributed by atoms with Gasteiger partial charge in [0.25, 0.3) is 0 Å². The zero-order valence-corrected chi connectivity index (χ0v) is 25.3. The molecule has 3 aliphatic rings. The summed E-state index contributed by atoms with van der Waals surface area (Å²) < 4.78 is 29.1. The molecule has 2 fully saturated rings. The van der Waals surface area contributed by atoms with Gasteiger partial charge in [-0.15, -0.1) is 0 Å². The van der Waals surface area contributed by atoms with Gasteiger partial charge in [0.15, 0.2) is 6.10 Å². The summed E-state index contributed by atoms with van der Waals surface area (Å²) in [7, 11) is 0. The van der Waals surface area contributed by atoms with Crippen molar-refractivity contribution in [2.75, 3.05) is 0 Å². The summed E-state index contributed by atoms with van der Waals surface area (Å²) in [6.07, 6.45) is -6.39. The van der Waals surface area contributed by atoms with Gasteiger partial charge in [0, 0.05) is 64.7 Å². The smallest absolute Gasteiger partial charge is 0.303 e. The van der Waals surface area contributed by atoms with Crippen molar-refractivity contribution in [1.82, 2.24) is 0 Å². The van der Waals surface area contributed by atoms with Gasteiger partial charge >= 0.3 is 29.8 Å². The van der Waals surface area contributed by atoms with Crippen LogP contribution >= 0.6 is 0 Å². The molecule has 0 aliphatic heterocycles. The molecule has 3 aliphatic carbocycles. The van der Waals surface area contributed by atoms with Crippen molar-refractivity contribution in [2.24, 2.45) is 22.7 Å². The van der Waals surface area contributed by atoms with Crippen LogP contribution < -0.4 is 0 Å². The third-order valence-electron chi connectivity index (χ3n) is 8.92. The highest BCUT2D eigenvalue weighted by molar-refractivity contribution is 5.69. The Morgan fingerprint density at radius 1 is 0.805 bits per heavy atom. The molecular formula is C30H42O11. The average Bonchev–Trinajstić information content (AvgIpc) is 2.78. The normalized spacial score (nSPS) is 36.1. The maximum Gasteiger partial charge on any atom is 0.303 e. The number of hydrogen-bond donors (Lipinski definition) is 1. The van der Waals surface area contributed by atoms with Gasteiger partial charge in [0.05, 0.1) is 0 Å². The first-order valence-electron chi connectivity index (χ1n) is 13.8. The van der Waals surface area contributed by atoms with Crippen molar-refractivity contribution in [3.8, 4) is 0 Å². The molecule has 0 radical (unpaired) electrons. The van der Waals surface area contributed by atoms with Crippen molar-refractivity contribution in [3.05, 3.63) is 23.3 Å². The first-order chi connectivity index (χ1) is 18.8. The van der Waals surface area contributed by atoms with Crippen molar-refractivity contribution in [3.63, 3.8) is 0 Å². The van der Waals surface area contributed by atoms with Crippen LogP contribution in [0.2, 0.25) is 0 Å². The Kier molecular flexibility index (Phi) is 9.13. The summed E-state index contributed by atoms with van der Waals surface area (Å²) in [6, 6.07) is 0. The predicted molar refractivity (Wildman–Crippen MR) is 144 cm³/mol. The highest BCUT2D eigenvalue weighted by Crippen LogP contribution is 2.61. The van der Waals surface area contributed by atoms with Gasteiger partial charge in [-0.1, -0.05) is 32.9 Å². The Morgan fingerprint density at radius 2 is 1.32 bits per heavy atom. The topological polar surface area (TPSA) is 152 Å². The standard InChI is InChI=1S/C30H42O11/c1-13-11-21(38-16(4)32)25-26(40-18(6)34)24-14(2)20(37-15(3)31)12-22(39-17(5)33)30(24,10)28(36)27(41-19(7)35)23(13)29(25,8)9/h20-22,24-28,36H,2,11-12H2,1,3-10H3/t20-,21-,22-,24-,25-,26-,27+,28-,30+/m0/s1. The molecule has 0 unspecified atom stereocenters. The summed E-state index contributed by atoms with van der Waals surface area (Å²) in [5, 5.41) is 12.3. The van der Waals surface area contributed by atoms with E-state index in [9.17, 15) is 29.1 Å². The van der Waals surface area contributed by atoms with Crippen LogP contribution in [0.1, 0.15) is 75.2 Å². The molecule has 228 valence electrons. The largest absolute Gasteiger partial charge is 0.462 e. The van der Waals surface area contributed by atoms with Crippen LogP contribution in [-0.2, 0) is 47.7 Å². The van der Waals surface area contributed by atoms with Crippen LogP contribution in [0.25, 0.3) is 0 Å². The number of aliphatic hydroxyl groups excluding tert-OH is 1. The fourth-order valence-corrected chi connectivity index (χ4v) is 7.66. The molecule has 0 spiro atoms. The molecule has 0 aromatic heterocycles. The Balaban J connectivity index is 2.46. The van der Waals surface area contributed by atoms with Crippen LogP contribution in [0.4, 0.5) is 0 Å². The van der Waals surface area contributed by atoms with Crippen LogP contribution in [0.3, 0.4) is 0 Å². The first-order valence-corrected chi connectivity index (χ1v) is 13.8. The second kappa shape index (κ2) is 11.6. The van der Waals surface area contributed by atoms with Gasteiger partial charge in [-0.2, -0.15) is 0 Å². The molecule has 41 heavy (non-hydrogen) atoms. The fraction of sp³-hybridized carbons (Fsp3) is 0.700. The summed E-state index contributed by atoms with van der Waals surface area (Å²) in [5.41, 5.74) is -0.776. The molecule has 0 heterocycles. The Labute approximate surface area is 240 Å². The van der Waals surface area contributed by atoms with Crippen LogP contribution in [0.5, 0.6) is 0 Å². The number of carbonyl (C=O) groups is 5. The first kappa shape index (κ1) is 32.3. The number of fused-ring (bicyclic) bond motifs is 3. The third-order valence-corrected chi connectivity index (χ3v) is 8.92. The molecule has 9 atom stereocenters. The quantitative estimate of drug-likeness (QED) is 0.291. The molecule has 0 saturated heterocycles. The van der Waals surface area contributed by atoms with Crippen molar-refractivity contribution < 1.29 is 52.8 Å². The van der Waals surface area contributed by atoms with Crippen LogP contribution in [-0.4, -0.2) is 71.6 Å². The zero-order valence-electron chi connectivity index (χ0n) is 25.3. The van der Waals surface area contributed by atoms with Crippen molar-refractivity contribution in [1.29, 1.82) is 0 Å². The monoisotopic (exact) mass is 578 g/mol. The van der Waals surface area contributed by atoms with Gasteiger partial charge in [-0.05, 0) is 23.5 Å². The number of hydrogen-bond acceptors (Lipinski definition) is 11. The lowest BCUT2D eigenvalue weighted by Crippen LogP contribution is -2.68. The molecule has 11 heteroatoms. The van der Waals surface area contributed by atoms with E-state index in [1.54, 1.807) is 6.92 Å². The molecule has 0 aromatic rings. The van der Waals surface area contributed by atoms with Gasteiger partial charge in [0.1, 0.15) is 30.5 Å². The molecule has 1 N–H and O–H groups in total. The fourth-order valence-electron chi connectivity index (χ4n) is 7.66. The molecule has 2 saturated carbocycles.